The van der Waals surface area contributed by atoms with Crippen LogP contribution < -0.4 is 5.32 Å². The minimum Gasteiger partial charge on any atom is -0.355 e. The van der Waals surface area contributed by atoms with Crippen LogP contribution in [0.2, 0.25) is 0 Å². The van der Waals surface area contributed by atoms with Crippen molar-refractivity contribution < 1.29 is 4.79 Å². The van der Waals surface area contributed by atoms with Gasteiger partial charge in [0, 0.05) is 12.7 Å². The molecule has 0 aromatic carbocycles. The van der Waals surface area contributed by atoms with Gasteiger partial charge in [0.25, 0.3) is 0 Å². The summed E-state index contributed by atoms with van der Waals surface area (Å²) in [7, 11) is 0. The highest BCUT2D eigenvalue weighted by Gasteiger charge is 1.98. The lowest BCUT2D eigenvalue weighted by Crippen LogP contribution is -2.09. The SMILES string of the molecule is O=CNCc1cnc2nc[nH]c2c1. The van der Waals surface area contributed by atoms with E-state index in [4.69, 9.17) is 0 Å². The summed E-state index contributed by atoms with van der Waals surface area (Å²) in [5.41, 5.74) is 2.52. The zero-order valence-corrected chi connectivity index (χ0v) is 6.82. The third-order valence-electron chi connectivity index (χ3n) is 1.72. The number of carbonyl (C=O) groups excluding carboxylic acids is 1. The molecule has 5 nitrogen and oxygen atoms in total. The average molecular weight is 176 g/mol. The molecule has 66 valence electrons. The van der Waals surface area contributed by atoms with Crippen molar-refractivity contribution in [2.75, 3.05) is 0 Å². The Morgan fingerprint density at radius 2 is 2.46 bits per heavy atom. The van der Waals surface area contributed by atoms with Crippen molar-refractivity contribution in [1.82, 2.24) is 20.3 Å². The van der Waals surface area contributed by atoms with E-state index >= 15 is 0 Å². The Kier molecular flexibility index (Phi) is 1.91. The van der Waals surface area contributed by atoms with E-state index in [1.807, 2.05) is 6.07 Å². The fourth-order valence-electron chi connectivity index (χ4n) is 1.13. The van der Waals surface area contributed by atoms with Crippen LogP contribution in [-0.2, 0) is 11.3 Å². The first-order chi connectivity index (χ1) is 6.40. The van der Waals surface area contributed by atoms with Gasteiger partial charge in [0.1, 0.15) is 0 Å². The van der Waals surface area contributed by atoms with Crippen LogP contribution in [0.1, 0.15) is 5.56 Å². The number of hydrogen-bond donors (Lipinski definition) is 2. The van der Waals surface area contributed by atoms with E-state index < -0.39 is 0 Å². The highest BCUT2D eigenvalue weighted by molar-refractivity contribution is 5.70. The van der Waals surface area contributed by atoms with Gasteiger partial charge < -0.3 is 10.3 Å². The number of aromatic nitrogens is 3. The molecule has 13 heavy (non-hydrogen) atoms. The van der Waals surface area contributed by atoms with Crippen molar-refractivity contribution in [1.29, 1.82) is 0 Å². The minimum absolute atomic E-state index is 0.492. The van der Waals surface area contributed by atoms with E-state index in [2.05, 4.69) is 20.3 Å². The second-order valence-corrected chi connectivity index (χ2v) is 2.62. The van der Waals surface area contributed by atoms with Crippen LogP contribution in [0.15, 0.2) is 18.6 Å². The molecule has 0 aliphatic carbocycles. The van der Waals surface area contributed by atoms with Gasteiger partial charge in [-0.25, -0.2) is 9.97 Å². The molecule has 0 spiro atoms. The smallest absolute Gasteiger partial charge is 0.207 e. The monoisotopic (exact) mass is 176 g/mol. The number of H-pyrrole nitrogens is 1. The molecule has 2 heterocycles. The normalized spacial score (nSPS) is 10.2. The molecule has 0 saturated carbocycles. The summed E-state index contributed by atoms with van der Waals surface area (Å²) in [6.07, 6.45) is 3.95. The summed E-state index contributed by atoms with van der Waals surface area (Å²) in [5, 5.41) is 2.57. The Labute approximate surface area is 74.2 Å². The number of rotatable bonds is 3. The predicted molar refractivity (Wildman–Crippen MR) is 46.8 cm³/mol. The van der Waals surface area contributed by atoms with E-state index in [9.17, 15) is 4.79 Å². The molecule has 0 saturated heterocycles. The molecule has 0 fully saturated rings. The van der Waals surface area contributed by atoms with Crippen molar-refractivity contribution in [2.45, 2.75) is 6.54 Å². The maximum atomic E-state index is 10.0. The number of carbonyl (C=O) groups is 1. The second kappa shape index (κ2) is 3.22. The van der Waals surface area contributed by atoms with Crippen LogP contribution >= 0.6 is 0 Å². The van der Waals surface area contributed by atoms with Gasteiger partial charge in [0.15, 0.2) is 5.65 Å². The number of imidazole rings is 1. The zero-order valence-electron chi connectivity index (χ0n) is 6.82. The third kappa shape index (κ3) is 1.48. The summed E-state index contributed by atoms with van der Waals surface area (Å²) in [6, 6.07) is 1.91. The molecule has 0 radical (unpaired) electrons. The fraction of sp³-hybridized carbons (Fsp3) is 0.125. The number of amides is 1. The molecule has 2 N–H and O–H groups in total. The van der Waals surface area contributed by atoms with E-state index in [0.29, 0.717) is 18.6 Å². The maximum Gasteiger partial charge on any atom is 0.207 e. The van der Waals surface area contributed by atoms with Gasteiger partial charge in [-0.2, -0.15) is 0 Å². The summed E-state index contributed by atoms with van der Waals surface area (Å²) in [5.74, 6) is 0. The quantitative estimate of drug-likeness (QED) is 0.656. The second-order valence-electron chi connectivity index (χ2n) is 2.62. The Bertz CT molecular complexity index is 423. The molecule has 2 rings (SSSR count). The number of fused-ring (bicyclic) bond motifs is 1. The van der Waals surface area contributed by atoms with Crippen molar-refractivity contribution in [2.24, 2.45) is 0 Å². The Hall–Kier alpha value is -1.91. The highest BCUT2D eigenvalue weighted by Crippen LogP contribution is 2.07. The molecule has 5 heteroatoms. The molecule has 2 aromatic heterocycles. The molecule has 0 aliphatic rings. The lowest BCUT2D eigenvalue weighted by molar-refractivity contribution is -0.109. The van der Waals surface area contributed by atoms with Crippen molar-refractivity contribution in [3.63, 3.8) is 0 Å². The number of aromatic amines is 1. The number of nitrogens with zero attached hydrogens (tertiary/aromatic N) is 2. The summed E-state index contributed by atoms with van der Waals surface area (Å²) in [4.78, 5) is 21.1. The van der Waals surface area contributed by atoms with E-state index in [1.54, 1.807) is 12.5 Å². The van der Waals surface area contributed by atoms with Crippen LogP contribution in [0.4, 0.5) is 0 Å². The third-order valence-corrected chi connectivity index (χ3v) is 1.72. The van der Waals surface area contributed by atoms with E-state index in [-0.39, 0.29) is 0 Å². The topological polar surface area (TPSA) is 70.7 Å². The molecule has 2 aromatic rings. The first-order valence-electron chi connectivity index (χ1n) is 3.85. The molecular weight excluding hydrogens is 168 g/mol. The summed E-state index contributed by atoms with van der Waals surface area (Å²) >= 11 is 0. The van der Waals surface area contributed by atoms with E-state index in [1.165, 1.54) is 0 Å². The van der Waals surface area contributed by atoms with Crippen LogP contribution in [0, 0.1) is 0 Å². The molecule has 0 unspecified atom stereocenters. The lowest BCUT2D eigenvalue weighted by Gasteiger charge is -1.97. The molecular formula is C8H8N4O. The van der Waals surface area contributed by atoms with Gasteiger partial charge in [-0.3, -0.25) is 4.79 Å². The lowest BCUT2D eigenvalue weighted by atomic mass is 10.3. The average Bonchev–Trinajstić information content (AvgIpc) is 2.61. The van der Waals surface area contributed by atoms with Crippen molar-refractivity contribution >= 4 is 17.6 Å². The van der Waals surface area contributed by atoms with Crippen molar-refractivity contribution in [3.8, 4) is 0 Å². The van der Waals surface area contributed by atoms with Crippen LogP contribution in [0.5, 0.6) is 0 Å². The first kappa shape index (κ1) is 7.72. The number of hydrogen-bond acceptors (Lipinski definition) is 3. The number of nitrogens with one attached hydrogen (secondary N) is 2. The van der Waals surface area contributed by atoms with Gasteiger partial charge in [0.05, 0.1) is 11.8 Å². The standard InChI is InChI=1S/C8H8N4O/c13-5-9-2-6-1-7-8(10-3-6)12-4-11-7/h1,3-5H,2H2,(H,9,13)(H,10,11,12). The van der Waals surface area contributed by atoms with Gasteiger partial charge in [-0.1, -0.05) is 0 Å². The molecule has 0 aliphatic heterocycles. The first-order valence-corrected chi connectivity index (χ1v) is 3.85. The van der Waals surface area contributed by atoms with Gasteiger partial charge in [0.2, 0.25) is 6.41 Å². The van der Waals surface area contributed by atoms with Crippen LogP contribution in [0.25, 0.3) is 11.2 Å². The highest BCUT2D eigenvalue weighted by atomic mass is 16.1. The Balaban J connectivity index is 2.31. The van der Waals surface area contributed by atoms with Crippen molar-refractivity contribution in [3.05, 3.63) is 24.2 Å². The molecule has 0 bridgehead atoms. The number of pyridine rings is 1. The van der Waals surface area contributed by atoms with Gasteiger partial charge in [-0.15, -0.1) is 0 Å². The fourth-order valence-corrected chi connectivity index (χ4v) is 1.13. The Morgan fingerprint density at radius 1 is 1.54 bits per heavy atom. The maximum absolute atomic E-state index is 10.0. The molecule has 0 atom stereocenters. The Morgan fingerprint density at radius 3 is 3.31 bits per heavy atom. The van der Waals surface area contributed by atoms with Crippen LogP contribution in [0.3, 0.4) is 0 Å². The van der Waals surface area contributed by atoms with E-state index in [0.717, 1.165) is 11.1 Å². The van der Waals surface area contributed by atoms with Gasteiger partial charge >= 0.3 is 0 Å². The predicted octanol–water partition coefficient (Wildman–Crippen LogP) is 0.204. The summed E-state index contributed by atoms with van der Waals surface area (Å²) in [6.45, 7) is 0.492. The minimum atomic E-state index is 0.492. The molecule has 1 amide bonds. The zero-order chi connectivity index (χ0) is 9.10. The van der Waals surface area contributed by atoms with Gasteiger partial charge in [-0.05, 0) is 11.6 Å². The van der Waals surface area contributed by atoms with Crippen LogP contribution in [-0.4, -0.2) is 21.4 Å². The largest absolute Gasteiger partial charge is 0.355 e. The summed E-state index contributed by atoms with van der Waals surface area (Å²) < 4.78 is 0.